The van der Waals surface area contributed by atoms with Crippen LogP contribution in [0.4, 0.5) is 24.9 Å². The van der Waals surface area contributed by atoms with Crippen molar-refractivity contribution in [3.63, 3.8) is 0 Å². The minimum Gasteiger partial charge on any atom is -0.371 e. The zero-order valence-electron chi connectivity index (χ0n) is 10.5. The Bertz CT molecular complexity index is 497. The van der Waals surface area contributed by atoms with E-state index in [1.54, 1.807) is 4.90 Å². The highest BCUT2D eigenvalue weighted by molar-refractivity contribution is 5.46. The molecule has 2 bridgehead atoms. The van der Waals surface area contributed by atoms with Crippen molar-refractivity contribution in [2.75, 3.05) is 23.4 Å². The summed E-state index contributed by atoms with van der Waals surface area (Å²) in [5, 5.41) is 0. The maximum atomic E-state index is 12.8. The number of hydrogen-bond donors (Lipinski definition) is 2. The molecule has 20 heavy (non-hydrogen) atoms. The van der Waals surface area contributed by atoms with E-state index in [-0.39, 0.29) is 24.0 Å². The molecule has 0 saturated carbocycles. The van der Waals surface area contributed by atoms with E-state index in [0.717, 1.165) is 18.9 Å². The summed E-state index contributed by atoms with van der Waals surface area (Å²) < 4.78 is 44.1. The molecule has 2 fully saturated rings. The largest absolute Gasteiger partial charge is 0.433 e. The summed E-state index contributed by atoms with van der Waals surface area (Å²) in [6.45, 7) is 1.07. The monoisotopic (exact) mass is 289 g/mol. The molecule has 0 aliphatic carbocycles. The number of rotatable bonds is 2. The minimum atomic E-state index is -4.53. The van der Waals surface area contributed by atoms with E-state index in [2.05, 4.69) is 15.4 Å². The number of nitrogen functional groups attached to an aromatic ring is 1. The third-order valence-electron chi connectivity index (χ3n) is 3.50. The fraction of sp³-hybridized carbons (Fsp3) is 0.636. The van der Waals surface area contributed by atoms with Crippen molar-refractivity contribution in [2.24, 2.45) is 5.84 Å². The van der Waals surface area contributed by atoms with Gasteiger partial charge in [-0.1, -0.05) is 0 Å². The minimum absolute atomic E-state index is 0.0623. The predicted octanol–water partition coefficient (Wildman–Crippen LogP) is 1.15. The second kappa shape index (κ2) is 4.74. The van der Waals surface area contributed by atoms with Gasteiger partial charge < -0.3 is 9.64 Å². The van der Waals surface area contributed by atoms with Crippen LogP contribution < -0.4 is 16.2 Å². The first kappa shape index (κ1) is 13.4. The number of fused-ring (bicyclic) bond motifs is 2. The fourth-order valence-corrected chi connectivity index (χ4v) is 2.61. The average molecular weight is 289 g/mol. The quantitative estimate of drug-likeness (QED) is 0.628. The van der Waals surface area contributed by atoms with E-state index < -0.39 is 11.9 Å². The Morgan fingerprint density at radius 1 is 1.25 bits per heavy atom. The van der Waals surface area contributed by atoms with Gasteiger partial charge >= 0.3 is 6.18 Å². The third-order valence-corrected chi connectivity index (χ3v) is 3.50. The Morgan fingerprint density at radius 3 is 2.45 bits per heavy atom. The molecule has 2 unspecified atom stereocenters. The molecule has 1 aromatic heterocycles. The lowest BCUT2D eigenvalue weighted by molar-refractivity contribution is -0.141. The van der Waals surface area contributed by atoms with Gasteiger partial charge in [0, 0.05) is 19.2 Å². The summed E-state index contributed by atoms with van der Waals surface area (Å²) in [5.74, 6) is 5.12. The van der Waals surface area contributed by atoms with E-state index in [1.807, 2.05) is 0 Å². The Kier molecular flexibility index (Phi) is 3.17. The van der Waals surface area contributed by atoms with Crippen molar-refractivity contribution in [3.05, 3.63) is 11.8 Å². The number of morpholine rings is 1. The molecule has 0 amide bonds. The number of aromatic nitrogens is 2. The summed E-state index contributed by atoms with van der Waals surface area (Å²) in [6, 6.07) is 0.950. The van der Waals surface area contributed by atoms with Crippen LogP contribution in [0.25, 0.3) is 0 Å². The van der Waals surface area contributed by atoms with E-state index >= 15 is 0 Å². The number of halogens is 3. The summed E-state index contributed by atoms with van der Waals surface area (Å²) >= 11 is 0. The molecule has 9 heteroatoms. The van der Waals surface area contributed by atoms with Crippen molar-refractivity contribution in [1.29, 1.82) is 0 Å². The molecule has 0 radical (unpaired) electrons. The molecule has 3 rings (SSSR count). The lowest BCUT2D eigenvalue weighted by Crippen LogP contribution is -2.43. The topological polar surface area (TPSA) is 76.3 Å². The molecule has 3 N–H and O–H groups in total. The van der Waals surface area contributed by atoms with Gasteiger partial charge in [-0.2, -0.15) is 18.2 Å². The van der Waals surface area contributed by atoms with Crippen LogP contribution >= 0.6 is 0 Å². The first-order chi connectivity index (χ1) is 9.45. The van der Waals surface area contributed by atoms with Crippen molar-refractivity contribution >= 4 is 11.8 Å². The zero-order chi connectivity index (χ0) is 14.3. The number of nitrogens with one attached hydrogen (secondary N) is 1. The van der Waals surface area contributed by atoms with Crippen molar-refractivity contribution < 1.29 is 17.9 Å². The first-order valence-electron chi connectivity index (χ1n) is 6.29. The number of hydrazine groups is 1. The zero-order valence-corrected chi connectivity index (χ0v) is 10.5. The van der Waals surface area contributed by atoms with Crippen LogP contribution in [0.3, 0.4) is 0 Å². The Labute approximate surface area is 113 Å². The molecular weight excluding hydrogens is 275 g/mol. The van der Waals surface area contributed by atoms with E-state index in [1.165, 1.54) is 0 Å². The summed E-state index contributed by atoms with van der Waals surface area (Å²) in [7, 11) is 0. The number of ether oxygens (including phenoxy) is 1. The lowest BCUT2D eigenvalue weighted by Gasteiger charge is -2.33. The molecule has 2 aliphatic heterocycles. The molecule has 0 aromatic carbocycles. The van der Waals surface area contributed by atoms with Crippen LogP contribution in [-0.4, -0.2) is 35.3 Å². The molecule has 2 aliphatic rings. The predicted molar refractivity (Wildman–Crippen MR) is 65.0 cm³/mol. The Balaban J connectivity index is 1.92. The van der Waals surface area contributed by atoms with Gasteiger partial charge in [-0.05, 0) is 12.8 Å². The van der Waals surface area contributed by atoms with Crippen LogP contribution in [0.15, 0.2) is 6.07 Å². The van der Waals surface area contributed by atoms with Crippen LogP contribution in [0.5, 0.6) is 0 Å². The molecule has 3 heterocycles. The number of nitrogens with two attached hydrogens (primary N) is 1. The van der Waals surface area contributed by atoms with Gasteiger partial charge in [0.2, 0.25) is 5.95 Å². The number of nitrogens with zero attached hydrogens (tertiary/aromatic N) is 3. The first-order valence-corrected chi connectivity index (χ1v) is 6.29. The molecule has 0 spiro atoms. The average Bonchev–Trinajstić information content (AvgIpc) is 2.76. The van der Waals surface area contributed by atoms with Crippen LogP contribution in [0.1, 0.15) is 18.5 Å². The Hall–Kier alpha value is -1.61. The lowest BCUT2D eigenvalue weighted by atomic mass is 10.2. The van der Waals surface area contributed by atoms with Gasteiger partial charge in [-0.3, -0.25) is 5.43 Å². The fourth-order valence-electron chi connectivity index (χ4n) is 2.61. The number of alkyl halides is 3. The second-order valence-electron chi connectivity index (χ2n) is 4.94. The number of anilines is 2. The summed E-state index contributed by atoms with van der Waals surface area (Å²) in [6.07, 6.45) is -2.55. The second-order valence-corrected chi connectivity index (χ2v) is 4.94. The van der Waals surface area contributed by atoms with Gasteiger partial charge in [0.1, 0.15) is 5.82 Å². The van der Waals surface area contributed by atoms with Crippen molar-refractivity contribution in [1.82, 2.24) is 9.97 Å². The van der Waals surface area contributed by atoms with Gasteiger partial charge in [-0.25, -0.2) is 10.8 Å². The van der Waals surface area contributed by atoms with Gasteiger partial charge in [-0.15, -0.1) is 0 Å². The van der Waals surface area contributed by atoms with Crippen molar-refractivity contribution in [3.8, 4) is 0 Å². The molecular formula is C11H14F3N5O. The smallest absolute Gasteiger partial charge is 0.371 e. The standard InChI is InChI=1S/C11H14F3N5O/c12-11(13,14)8-3-9(17-10(16-8)18-15)19-4-6-1-2-7(5-19)20-6/h3,6-7H,1-2,4-5,15H2,(H,16,17,18). The summed E-state index contributed by atoms with van der Waals surface area (Å²) in [4.78, 5) is 9.15. The maximum Gasteiger partial charge on any atom is 0.433 e. The van der Waals surface area contributed by atoms with Crippen LogP contribution in [-0.2, 0) is 10.9 Å². The molecule has 2 saturated heterocycles. The van der Waals surface area contributed by atoms with Gasteiger partial charge in [0.15, 0.2) is 5.69 Å². The highest BCUT2D eigenvalue weighted by atomic mass is 19.4. The highest BCUT2D eigenvalue weighted by Crippen LogP contribution is 2.33. The van der Waals surface area contributed by atoms with Crippen LogP contribution in [0, 0.1) is 0 Å². The molecule has 2 atom stereocenters. The Morgan fingerprint density at radius 2 is 1.90 bits per heavy atom. The van der Waals surface area contributed by atoms with Gasteiger partial charge in [0.25, 0.3) is 0 Å². The normalized spacial score (nSPS) is 25.9. The van der Waals surface area contributed by atoms with E-state index in [4.69, 9.17) is 10.6 Å². The van der Waals surface area contributed by atoms with Gasteiger partial charge in [0.05, 0.1) is 12.2 Å². The van der Waals surface area contributed by atoms with E-state index in [9.17, 15) is 13.2 Å². The highest BCUT2D eigenvalue weighted by Gasteiger charge is 2.37. The van der Waals surface area contributed by atoms with Crippen LogP contribution in [0.2, 0.25) is 0 Å². The molecule has 110 valence electrons. The SMILES string of the molecule is NNc1nc(N2CC3CCC(C2)O3)cc(C(F)(F)F)n1. The molecule has 1 aromatic rings. The molecule has 6 nitrogen and oxygen atoms in total. The summed E-state index contributed by atoms with van der Waals surface area (Å²) in [5.41, 5.74) is 1.07. The third kappa shape index (κ3) is 2.50. The maximum absolute atomic E-state index is 12.8. The number of hydrogen-bond acceptors (Lipinski definition) is 6. The van der Waals surface area contributed by atoms with E-state index in [0.29, 0.717) is 13.1 Å². The van der Waals surface area contributed by atoms with Crippen molar-refractivity contribution in [2.45, 2.75) is 31.2 Å².